The van der Waals surface area contributed by atoms with E-state index in [2.05, 4.69) is 5.43 Å². The van der Waals surface area contributed by atoms with Crippen molar-refractivity contribution in [1.82, 2.24) is 5.43 Å². The number of nitrogens with two attached hydrogens (primary N) is 1. The molecule has 21 heavy (non-hydrogen) atoms. The van der Waals surface area contributed by atoms with Gasteiger partial charge in [0.05, 0.1) is 11.7 Å². The molecule has 3 aliphatic heterocycles. The van der Waals surface area contributed by atoms with E-state index >= 15 is 0 Å². The van der Waals surface area contributed by atoms with Crippen molar-refractivity contribution in [2.24, 2.45) is 11.8 Å². The molecule has 1 spiro atoms. The minimum atomic E-state index is 0.0557. The van der Waals surface area contributed by atoms with Crippen LogP contribution in [0.15, 0.2) is 0 Å². The average Bonchev–Trinajstić information content (AvgIpc) is 3.02. The Bertz CT molecular complexity index is 309. The van der Waals surface area contributed by atoms with E-state index in [0.29, 0.717) is 18.1 Å². The molecular formula is C16H30N2O3. The maximum atomic E-state index is 6.14. The van der Waals surface area contributed by atoms with Gasteiger partial charge in [-0.15, -0.1) is 0 Å². The minimum absolute atomic E-state index is 0.0557. The number of hydrogen-bond donors (Lipinski definition) is 2. The zero-order valence-electron chi connectivity index (χ0n) is 13.0. The number of hydrazine groups is 1. The molecule has 3 atom stereocenters. The van der Waals surface area contributed by atoms with Crippen molar-refractivity contribution < 1.29 is 14.2 Å². The minimum Gasteiger partial charge on any atom is -0.381 e. The van der Waals surface area contributed by atoms with Crippen molar-refractivity contribution in [1.29, 1.82) is 0 Å². The molecule has 0 aliphatic carbocycles. The molecule has 0 saturated carbocycles. The quantitative estimate of drug-likeness (QED) is 0.598. The Balaban J connectivity index is 1.52. The van der Waals surface area contributed by atoms with Crippen molar-refractivity contribution in [2.75, 3.05) is 26.4 Å². The lowest BCUT2D eigenvalue weighted by molar-refractivity contribution is -0.150. The molecule has 0 radical (unpaired) electrons. The third-order valence-corrected chi connectivity index (χ3v) is 5.54. The molecular weight excluding hydrogens is 268 g/mol. The van der Waals surface area contributed by atoms with Crippen LogP contribution in [-0.4, -0.2) is 44.2 Å². The normalized spacial score (nSPS) is 34.1. The first-order valence-corrected chi connectivity index (χ1v) is 8.61. The van der Waals surface area contributed by atoms with E-state index in [4.69, 9.17) is 20.1 Å². The fraction of sp³-hybridized carbons (Fsp3) is 1.00. The summed E-state index contributed by atoms with van der Waals surface area (Å²) < 4.78 is 17.4. The summed E-state index contributed by atoms with van der Waals surface area (Å²) >= 11 is 0. The first-order chi connectivity index (χ1) is 10.3. The number of hydrogen-bond acceptors (Lipinski definition) is 5. The van der Waals surface area contributed by atoms with Gasteiger partial charge in [0.2, 0.25) is 0 Å². The maximum absolute atomic E-state index is 6.14. The summed E-state index contributed by atoms with van der Waals surface area (Å²) in [4.78, 5) is 0. The fourth-order valence-corrected chi connectivity index (χ4v) is 4.19. The van der Waals surface area contributed by atoms with Crippen molar-refractivity contribution in [2.45, 2.75) is 69.1 Å². The van der Waals surface area contributed by atoms with Gasteiger partial charge in [-0.2, -0.15) is 0 Å². The molecule has 5 nitrogen and oxygen atoms in total. The van der Waals surface area contributed by atoms with Crippen LogP contribution in [0.4, 0.5) is 0 Å². The van der Waals surface area contributed by atoms with E-state index in [1.807, 2.05) is 0 Å². The molecule has 0 aromatic heterocycles. The summed E-state index contributed by atoms with van der Waals surface area (Å²) in [5, 5.41) is 0. The van der Waals surface area contributed by atoms with Gasteiger partial charge in [-0.05, 0) is 57.3 Å². The van der Waals surface area contributed by atoms with Gasteiger partial charge in [-0.3, -0.25) is 11.3 Å². The molecule has 0 aromatic carbocycles. The molecule has 3 rings (SSSR count). The molecule has 0 aromatic rings. The number of rotatable bonds is 5. The summed E-state index contributed by atoms with van der Waals surface area (Å²) in [5.74, 6) is 6.46. The third-order valence-electron chi connectivity index (χ3n) is 5.54. The molecule has 3 unspecified atom stereocenters. The largest absolute Gasteiger partial charge is 0.381 e. The van der Waals surface area contributed by atoms with Crippen LogP contribution in [0, 0.1) is 5.92 Å². The third kappa shape index (κ3) is 3.96. The van der Waals surface area contributed by atoms with Gasteiger partial charge >= 0.3 is 0 Å². The second-order valence-corrected chi connectivity index (χ2v) is 6.88. The van der Waals surface area contributed by atoms with E-state index in [0.717, 1.165) is 65.0 Å². The monoisotopic (exact) mass is 298 g/mol. The Labute approximate surface area is 127 Å². The molecule has 0 bridgehead atoms. The van der Waals surface area contributed by atoms with E-state index in [-0.39, 0.29) is 5.60 Å². The van der Waals surface area contributed by atoms with E-state index in [1.165, 1.54) is 12.8 Å². The van der Waals surface area contributed by atoms with Gasteiger partial charge in [0.25, 0.3) is 0 Å². The van der Waals surface area contributed by atoms with Gasteiger partial charge < -0.3 is 14.2 Å². The highest BCUT2D eigenvalue weighted by Gasteiger charge is 2.41. The van der Waals surface area contributed by atoms with Crippen LogP contribution >= 0.6 is 0 Å². The Morgan fingerprint density at radius 2 is 2.00 bits per heavy atom. The topological polar surface area (TPSA) is 65.7 Å². The second kappa shape index (κ2) is 7.38. The molecule has 3 heterocycles. The first kappa shape index (κ1) is 15.7. The second-order valence-electron chi connectivity index (χ2n) is 6.88. The van der Waals surface area contributed by atoms with Gasteiger partial charge in [-0.1, -0.05) is 0 Å². The predicted molar refractivity (Wildman–Crippen MR) is 80.8 cm³/mol. The van der Waals surface area contributed by atoms with Crippen LogP contribution < -0.4 is 11.3 Å². The summed E-state index contributed by atoms with van der Waals surface area (Å²) in [5.41, 5.74) is 3.13. The van der Waals surface area contributed by atoms with Gasteiger partial charge in [0.1, 0.15) is 0 Å². The lowest BCUT2D eigenvalue weighted by Crippen LogP contribution is -2.50. The van der Waals surface area contributed by atoms with Crippen LogP contribution in [0.25, 0.3) is 0 Å². The highest BCUT2D eigenvalue weighted by atomic mass is 16.5. The molecule has 3 saturated heterocycles. The lowest BCUT2D eigenvalue weighted by Gasteiger charge is -2.45. The first-order valence-electron chi connectivity index (χ1n) is 8.61. The van der Waals surface area contributed by atoms with E-state index < -0.39 is 0 Å². The Morgan fingerprint density at radius 3 is 2.71 bits per heavy atom. The average molecular weight is 298 g/mol. The highest BCUT2D eigenvalue weighted by molar-refractivity contribution is 4.92. The molecule has 0 amide bonds. The van der Waals surface area contributed by atoms with Crippen LogP contribution in [0.5, 0.6) is 0 Å². The Hall–Kier alpha value is -0.200. The maximum Gasteiger partial charge on any atom is 0.0729 e. The molecule has 3 aliphatic rings. The van der Waals surface area contributed by atoms with Crippen molar-refractivity contribution in [3.05, 3.63) is 0 Å². The molecule has 3 N–H and O–H groups in total. The Morgan fingerprint density at radius 1 is 1.14 bits per heavy atom. The zero-order valence-corrected chi connectivity index (χ0v) is 13.0. The molecule has 122 valence electrons. The molecule has 5 heteroatoms. The van der Waals surface area contributed by atoms with E-state index in [9.17, 15) is 0 Å². The van der Waals surface area contributed by atoms with Crippen LogP contribution in [-0.2, 0) is 14.2 Å². The summed E-state index contributed by atoms with van der Waals surface area (Å²) in [6, 6.07) is 0.387. The van der Waals surface area contributed by atoms with Gasteiger partial charge in [0, 0.05) is 32.5 Å². The van der Waals surface area contributed by atoms with Gasteiger partial charge in [-0.25, -0.2) is 0 Å². The summed E-state index contributed by atoms with van der Waals surface area (Å²) in [6.07, 6.45) is 9.43. The molecule has 3 fully saturated rings. The smallest absolute Gasteiger partial charge is 0.0729 e. The number of ether oxygens (including phenoxy) is 3. The lowest BCUT2D eigenvalue weighted by atomic mass is 9.77. The standard InChI is InChI=1S/C16H30N2O3/c17-18-15(4-3-14-2-1-8-20-14)13-5-9-21-16(12-13)6-10-19-11-7-16/h13-15,18H,1-12,17H2. The van der Waals surface area contributed by atoms with Crippen LogP contribution in [0.1, 0.15) is 51.4 Å². The highest BCUT2D eigenvalue weighted by Crippen LogP contribution is 2.39. The van der Waals surface area contributed by atoms with Crippen molar-refractivity contribution >= 4 is 0 Å². The summed E-state index contributed by atoms with van der Waals surface area (Å²) in [7, 11) is 0. The Kier molecular flexibility index (Phi) is 5.51. The van der Waals surface area contributed by atoms with Gasteiger partial charge in [0.15, 0.2) is 0 Å². The number of nitrogens with one attached hydrogen (secondary N) is 1. The van der Waals surface area contributed by atoms with Crippen molar-refractivity contribution in [3.63, 3.8) is 0 Å². The SMILES string of the molecule is NNC(CCC1CCCO1)C1CCOC2(CCOCC2)C1. The predicted octanol–water partition coefficient (Wildman–Crippen LogP) is 1.75. The summed E-state index contributed by atoms with van der Waals surface area (Å²) in [6.45, 7) is 3.47. The van der Waals surface area contributed by atoms with Crippen LogP contribution in [0.3, 0.4) is 0 Å². The zero-order chi connectivity index (χ0) is 14.5. The fourth-order valence-electron chi connectivity index (χ4n) is 4.19. The van der Waals surface area contributed by atoms with Crippen LogP contribution in [0.2, 0.25) is 0 Å². The van der Waals surface area contributed by atoms with E-state index in [1.54, 1.807) is 0 Å². The van der Waals surface area contributed by atoms with Crippen molar-refractivity contribution in [3.8, 4) is 0 Å².